The molecule has 94 valence electrons. The summed E-state index contributed by atoms with van der Waals surface area (Å²) in [5, 5.41) is 17.7. The molecule has 1 rings (SSSR count). The smallest absolute Gasteiger partial charge is 0.303 e. The average molecular weight is 236 g/mol. The van der Waals surface area contributed by atoms with Crippen molar-refractivity contribution in [1.82, 2.24) is 0 Å². The van der Waals surface area contributed by atoms with Gasteiger partial charge in [0.2, 0.25) is 0 Å². The molecule has 17 heavy (non-hydrogen) atoms. The summed E-state index contributed by atoms with van der Waals surface area (Å²) in [4.78, 5) is 10.3. The maximum absolute atomic E-state index is 10.3. The second kappa shape index (κ2) is 7.71. The highest BCUT2D eigenvalue weighted by atomic mass is 16.4. The molecular formula is C14H20O3. The molecule has 0 aromatic heterocycles. The number of aryl methyl sites for hydroxylation is 1. The Morgan fingerprint density at radius 2 is 1.76 bits per heavy atom. The van der Waals surface area contributed by atoms with Crippen LogP contribution in [0.5, 0.6) is 5.75 Å². The van der Waals surface area contributed by atoms with Crippen molar-refractivity contribution < 1.29 is 15.0 Å². The van der Waals surface area contributed by atoms with Gasteiger partial charge < -0.3 is 10.2 Å². The molecule has 0 fully saturated rings. The Balaban J connectivity index is 2.03. The first-order chi connectivity index (χ1) is 8.18. The number of hydrogen-bond acceptors (Lipinski definition) is 2. The van der Waals surface area contributed by atoms with Gasteiger partial charge in [-0.15, -0.1) is 0 Å². The number of rotatable bonds is 8. The number of hydrogen-bond donors (Lipinski definition) is 2. The summed E-state index contributed by atoms with van der Waals surface area (Å²) in [5.41, 5.74) is 1.16. The lowest BCUT2D eigenvalue weighted by Gasteiger charge is -2.02. The molecule has 0 spiro atoms. The number of carboxylic acid groups (broad SMARTS) is 1. The van der Waals surface area contributed by atoms with Gasteiger partial charge in [0.15, 0.2) is 0 Å². The van der Waals surface area contributed by atoms with Crippen molar-refractivity contribution in [3.63, 3.8) is 0 Å². The van der Waals surface area contributed by atoms with E-state index in [9.17, 15) is 9.90 Å². The monoisotopic (exact) mass is 236 g/mol. The van der Waals surface area contributed by atoms with Crippen LogP contribution >= 0.6 is 0 Å². The first-order valence-corrected chi connectivity index (χ1v) is 6.18. The molecule has 0 saturated heterocycles. The van der Waals surface area contributed by atoms with Crippen LogP contribution < -0.4 is 0 Å². The van der Waals surface area contributed by atoms with Crippen molar-refractivity contribution in [1.29, 1.82) is 0 Å². The van der Waals surface area contributed by atoms with Crippen molar-refractivity contribution in [3.8, 4) is 5.75 Å². The van der Waals surface area contributed by atoms with E-state index in [0.717, 1.165) is 44.1 Å². The summed E-state index contributed by atoms with van der Waals surface area (Å²) in [6.07, 6.45) is 6.34. The van der Waals surface area contributed by atoms with Crippen LogP contribution in [0.15, 0.2) is 24.3 Å². The second-order valence-electron chi connectivity index (χ2n) is 4.33. The molecule has 0 radical (unpaired) electrons. The largest absolute Gasteiger partial charge is 0.508 e. The zero-order valence-electron chi connectivity index (χ0n) is 10.1. The Labute approximate surface area is 102 Å². The van der Waals surface area contributed by atoms with Gasteiger partial charge in [-0.05, 0) is 37.0 Å². The zero-order valence-corrected chi connectivity index (χ0v) is 10.1. The number of benzene rings is 1. The van der Waals surface area contributed by atoms with Crippen LogP contribution in [-0.4, -0.2) is 16.2 Å². The minimum Gasteiger partial charge on any atom is -0.508 e. The van der Waals surface area contributed by atoms with E-state index in [1.807, 2.05) is 12.1 Å². The van der Waals surface area contributed by atoms with Crippen LogP contribution in [0.2, 0.25) is 0 Å². The first-order valence-electron chi connectivity index (χ1n) is 6.18. The Hall–Kier alpha value is -1.51. The molecule has 0 bridgehead atoms. The van der Waals surface area contributed by atoms with Crippen LogP contribution in [0.25, 0.3) is 0 Å². The molecule has 0 atom stereocenters. The van der Waals surface area contributed by atoms with Gasteiger partial charge in [0.05, 0.1) is 0 Å². The molecule has 3 nitrogen and oxygen atoms in total. The third kappa shape index (κ3) is 6.61. The topological polar surface area (TPSA) is 57.5 Å². The Bertz CT molecular complexity index is 347. The molecule has 0 aliphatic heterocycles. The van der Waals surface area contributed by atoms with Gasteiger partial charge in [-0.3, -0.25) is 4.79 Å². The molecule has 0 unspecified atom stereocenters. The summed E-state index contributed by atoms with van der Waals surface area (Å²) < 4.78 is 0. The molecule has 3 heteroatoms. The normalized spacial score (nSPS) is 10.4. The van der Waals surface area contributed by atoms with Crippen LogP contribution in [0.4, 0.5) is 0 Å². The van der Waals surface area contributed by atoms with E-state index >= 15 is 0 Å². The minimum atomic E-state index is -0.704. The van der Waals surface area contributed by atoms with Gasteiger partial charge in [-0.1, -0.05) is 31.4 Å². The SMILES string of the molecule is O=C(O)CCCCCCCc1cccc(O)c1. The Morgan fingerprint density at radius 3 is 2.47 bits per heavy atom. The maximum Gasteiger partial charge on any atom is 0.303 e. The standard InChI is InChI=1S/C14H20O3/c15-13-9-6-8-12(11-13)7-4-2-1-3-5-10-14(16)17/h6,8-9,11,15H,1-5,7,10H2,(H,16,17). The number of aromatic hydroxyl groups is 1. The van der Waals surface area contributed by atoms with Crippen LogP contribution in [0, 0.1) is 0 Å². The second-order valence-corrected chi connectivity index (χ2v) is 4.33. The minimum absolute atomic E-state index is 0.284. The number of phenolic OH excluding ortho intramolecular Hbond substituents is 1. The number of phenols is 1. The molecule has 1 aromatic rings. The van der Waals surface area contributed by atoms with Gasteiger partial charge in [0, 0.05) is 6.42 Å². The number of aliphatic carboxylic acids is 1. The van der Waals surface area contributed by atoms with Gasteiger partial charge in [0.1, 0.15) is 5.75 Å². The lowest BCUT2D eigenvalue weighted by molar-refractivity contribution is -0.137. The van der Waals surface area contributed by atoms with Crippen molar-refractivity contribution in [2.24, 2.45) is 0 Å². The molecule has 0 aliphatic carbocycles. The predicted octanol–water partition coefficient (Wildman–Crippen LogP) is 3.36. The predicted molar refractivity (Wildman–Crippen MR) is 67.1 cm³/mol. The molecular weight excluding hydrogens is 216 g/mol. The zero-order chi connectivity index (χ0) is 12.5. The van der Waals surface area contributed by atoms with Crippen molar-refractivity contribution in [3.05, 3.63) is 29.8 Å². The Kier molecular flexibility index (Phi) is 6.15. The quantitative estimate of drug-likeness (QED) is 0.680. The van der Waals surface area contributed by atoms with Crippen molar-refractivity contribution in [2.45, 2.75) is 44.9 Å². The summed E-state index contributed by atoms with van der Waals surface area (Å²) >= 11 is 0. The van der Waals surface area contributed by atoms with Gasteiger partial charge in [-0.2, -0.15) is 0 Å². The highest BCUT2D eigenvalue weighted by Gasteiger charge is 1.98. The fourth-order valence-corrected chi connectivity index (χ4v) is 1.85. The fraction of sp³-hybridized carbons (Fsp3) is 0.500. The van der Waals surface area contributed by atoms with E-state index in [2.05, 4.69) is 0 Å². The summed E-state index contributed by atoms with van der Waals surface area (Å²) in [6.45, 7) is 0. The molecule has 0 heterocycles. The van der Waals surface area contributed by atoms with E-state index in [1.54, 1.807) is 12.1 Å². The average Bonchev–Trinajstić information content (AvgIpc) is 2.27. The number of carbonyl (C=O) groups is 1. The summed E-state index contributed by atoms with van der Waals surface area (Å²) in [6, 6.07) is 7.35. The van der Waals surface area contributed by atoms with Crippen molar-refractivity contribution in [2.75, 3.05) is 0 Å². The molecule has 0 saturated carbocycles. The summed E-state index contributed by atoms with van der Waals surface area (Å²) in [5.74, 6) is -0.381. The molecule has 2 N–H and O–H groups in total. The van der Waals surface area contributed by atoms with Gasteiger partial charge in [0.25, 0.3) is 0 Å². The molecule has 0 amide bonds. The molecule has 0 aliphatic rings. The van der Waals surface area contributed by atoms with E-state index in [1.165, 1.54) is 0 Å². The number of carboxylic acids is 1. The Morgan fingerprint density at radius 1 is 1.06 bits per heavy atom. The van der Waals surface area contributed by atoms with Crippen LogP contribution in [-0.2, 0) is 11.2 Å². The lowest BCUT2D eigenvalue weighted by Crippen LogP contribution is -1.93. The van der Waals surface area contributed by atoms with Gasteiger partial charge in [-0.25, -0.2) is 0 Å². The third-order valence-electron chi connectivity index (χ3n) is 2.77. The third-order valence-corrected chi connectivity index (χ3v) is 2.77. The van der Waals surface area contributed by atoms with Crippen molar-refractivity contribution >= 4 is 5.97 Å². The first kappa shape index (κ1) is 13.6. The van der Waals surface area contributed by atoms with Crippen LogP contribution in [0.1, 0.15) is 44.1 Å². The number of unbranched alkanes of at least 4 members (excludes halogenated alkanes) is 4. The highest BCUT2D eigenvalue weighted by molar-refractivity contribution is 5.66. The van der Waals surface area contributed by atoms with E-state index in [0.29, 0.717) is 5.75 Å². The lowest BCUT2D eigenvalue weighted by atomic mass is 10.0. The van der Waals surface area contributed by atoms with Gasteiger partial charge >= 0.3 is 5.97 Å². The highest BCUT2D eigenvalue weighted by Crippen LogP contribution is 2.14. The van der Waals surface area contributed by atoms with E-state index in [4.69, 9.17) is 5.11 Å². The maximum atomic E-state index is 10.3. The van der Waals surface area contributed by atoms with E-state index < -0.39 is 5.97 Å². The van der Waals surface area contributed by atoms with E-state index in [-0.39, 0.29) is 6.42 Å². The van der Waals surface area contributed by atoms with Crippen LogP contribution in [0.3, 0.4) is 0 Å². The molecule has 1 aromatic carbocycles. The summed E-state index contributed by atoms with van der Waals surface area (Å²) in [7, 11) is 0. The fourth-order valence-electron chi connectivity index (χ4n) is 1.85.